The van der Waals surface area contributed by atoms with Gasteiger partial charge in [0.15, 0.2) is 0 Å². The Morgan fingerprint density at radius 3 is 2.63 bits per heavy atom. The number of carbonyl (C=O) groups is 3. The van der Waals surface area contributed by atoms with E-state index < -0.39 is 11.9 Å². The fraction of sp³-hybridized carbons (Fsp3) is 0.308. The van der Waals surface area contributed by atoms with Gasteiger partial charge in [0.2, 0.25) is 5.91 Å². The zero-order valence-corrected chi connectivity index (χ0v) is 10.4. The predicted octanol–water partition coefficient (Wildman–Crippen LogP) is 0.484. The lowest BCUT2D eigenvalue weighted by Gasteiger charge is -2.19. The van der Waals surface area contributed by atoms with Crippen molar-refractivity contribution < 1.29 is 19.5 Å². The molecule has 0 aromatic heterocycles. The highest BCUT2D eigenvalue weighted by molar-refractivity contribution is 6.06. The number of carbonyl (C=O) groups excluding carboxylic acids is 2. The van der Waals surface area contributed by atoms with Gasteiger partial charge < -0.3 is 15.3 Å². The highest BCUT2D eigenvalue weighted by Crippen LogP contribution is 2.28. The van der Waals surface area contributed by atoms with E-state index in [2.05, 4.69) is 5.32 Å². The zero-order valence-electron chi connectivity index (χ0n) is 10.4. The SMILES string of the molecule is CNC(=O)c1ccccc1N1CC(C(=O)O)CC1=O. The van der Waals surface area contributed by atoms with Gasteiger partial charge in [-0.2, -0.15) is 0 Å². The van der Waals surface area contributed by atoms with Gasteiger partial charge in [-0.15, -0.1) is 0 Å². The summed E-state index contributed by atoms with van der Waals surface area (Å²) in [5, 5.41) is 11.5. The minimum atomic E-state index is -0.992. The standard InChI is InChI=1S/C13H14N2O4/c1-14-12(17)9-4-2-3-5-10(9)15-7-8(13(18)19)6-11(15)16/h2-5,8H,6-7H2,1H3,(H,14,17)(H,18,19). The molecule has 0 spiro atoms. The van der Waals surface area contributed by atoms with Crippen molar-refractivity contribution in [2.24, 2.45) is 5.92 Å². The van der Waals surface area contributed by atoms with Gasteiger partial charge in [-0.05, 0) is 12.1 Å². The molecular weight excluding hydrogens is 248 g/mol. The van der Waals surface area contributed by atoms with Crippen LogP contribution < -0.4 is 10.2 Å². The van der Waals surface area contributed by atoms with Crippen molar-refractivity contribution in [3.05, 3.63) is 29.8 Å². The number of benzene rings is 1. The molecule has 2 N–H and O–H groups in total. The van der Waals surface area contributed by atoms with Crippen LogP contribution in [0.4, 0.5) is 5.69 Å². The topological polar surface area (TPSA) is 86.7 Å². The first-order valence-corrected chi connectivity index (χ1v) is 5.89. The third-order valence-electron chi connectivity index (χ3n) is 3.14. The molecule has 2 amide bonds. The lowest BCUT2D eigenvalue weighted by Crippen LogP contribution is -2.29. The highest BCUT2D eigenvalue weighted by Gasteiger charge is 2.36. The average Bonchev–Trinajstić information content (AvgIpc) is 2.80. The third-order valence-corrected chi connectivity index (χ3v) is 3.14. The fourth-order valence-electron chi connectivity index (χ4n) is 2.14. The molecule has 1 aromatic rings. The van der Waals surface area contributed by atoms with E-state index in [1.165, 1.54) is 11.9 Å². The van der Waals surface area contributed by atoms with E-state index in [0.717, 1.165) is 0 Å². The number of rotatable bonds is 3. The number of anilines is 1. The minimum absolute atomic E-state index is 0.0303. The summed E-state index contributed by atoms with van der Waals surface area (Å²) < 4.78 is 0. The average molecular weight is 262 g/mol. The molecule has 1 fully saturated rings. The quantitative estimate of drug-likeness (QED) is 0.829. The Hall–Kier alpha value is -2.37. The van der Waals surface area contributed by atoms with Gasteiger partial charge in [0.1, 0.15) is 0 Å². The van der Waals surface area contributed by atoms with Crippen LogP contribution in [-0.2, 0) is 9.59 Å². The van der Waals surface area contributed by atoms with Crippen LogP contribution in [0.1, 0.15) is 16.8 Å². The zero-order chi connectivity index (χ0) is 14.0. The Morgan fingerprint density at radius 2 is 2.05 bits per heavy atom. The van der Waals surface area contributed by atoms with Crippen molar-refractivity contribution in [1.82, 2.24) is 5.32 Å². The molecule has 1 heterocycles. The second-order valence-electron chi connectivity index (χ2n) is 4.34. The molecule has 1 aliphatic rings. The van der Waals surface area contributed by atoms with E-state index in [1.54, 1.807) is 24.3 Å². The van der Waals surface area contributed by atoms with Crippen LogP contribution >= 0.6 is 0 Å². The molecule has 6 nitrogen and oxygen atoms in total. The van der Waals surface area contributed by atoms with Gasteiger partial charge in [-0.25, -0.2) is 0 Å². The van der Waals surface area contributed by atoms with Crippen LogP contribution in [0.2, 0.25) is 0 Å². The number of hydrogen-bond acceptors (Lipinski definition) is 3. The van der Waals surface area contributed by atoms with E-state index in [-0.39, 0.29) is 24.8 Å². The molecule has 0 saturated carbocycles. The van der Waals surface area contributed by atoms with E-state index in [4.69, 9.17) is 5.11 Å². The number of carboxylic acid groups (broad SMARTS) is 1. The molecule has 1 atom stereocenters. The summed E-state index contributed by atoms with van der Waals surface area (Å²) in [7, 11) is 1.50. The van der Waals surface area contributed by atoms with Gasteiger partial charge in [0, 0.05) is 20.0 Å². The third kappa shape index (κ3) is 2.42. The summed E-state index contributed by atoms with van der Waals surface area (Å²) in [6.45, 7) is 0.0994. The number of aliphatic carboxylic acids is 1. The second kappa shape index (κ2) is 5.09. The Kier molecular flexibility index (Phi) is 3.50. The normalized spacial score (nSPS) is 18.5. The minimum Gasteiger partial charge on any atom is -0.481 e. The molecule has 0 bridgehead atoms. The number of hydrogen-bond donors (Lipinski definition) is 2. The maximum atomic E-state index is 11.9. The Labute approximate surface area is 110 Å². The molecule has 0 aliphatic carbocycles. The molecule has 2 rings (SSSR count). The van der Waals surface area contributed by atoms with Crippen molar-refractivity contribution >= 4 is 23.5 Å². The number of para-hydroxylation sites is 1. The van der Waals surface area contributed by atoms with Crippen LogP contribution in [0, 0.1) is 5.92 Å². The molecule has 0 radical (unpaired) electrons. The molecule has 1 aromatic carbocycles. The van der Waals surface area contributed by atoms with Crippen molar-refractivity contribution in [2.45, 2.75) is 6.42 Å². The second-order valence-corrected chi connectivity index (χ2v) is 4.34. The number of amides is 2. The first-order chi connectivity index (χ1) is 9.04. The molecule has 1 unspecified atom stereocenters. The summed E-state index contributed by atoms with van der Waals surface area (Å²) in [5.41, 5.74) is 0.819. The summed E-state index contributed by atoms with van der Waals surface area (Å²) in [6, 6.07) is 6.66. The molecular formula is C13H14N2O4. The van der Waals surface area contributed by atoms with Crippen LogP contribution in [0.3, 0.4) is 0 Å². The van der Waals surface area contributed by atoms with Gasteiger partial charge in [-0.1, -0.05) is 12.1 Å². The van der Waals surface area contributed by atoms with Gasteiger partial charge in [0.05, 0.1) is 17.2 Å². The lowest BCUT2D eigenvalue weighted by atomic mass is 10.1. The Morgan fingerprint density at radius 1 is 1.37 bits per heavy atom. The van der Waals surface area contributed by atoms with Crippen molar-refractivity contribution in [3.63, 3.8) is 0 Å². The van der Waals surface area contributed by atoms with Crippen LogP contribution in [0.15, 0.2) is 24.3 Å². The van der Waals surface area contributed by atoms with E-state index in [1.807, 2.05) is 0 Å². The number of nitrogens with zero attached hydrogens (tertiary/aromatic N) is 1. The molecule has 1 saturated heterocycles. The van der Waals surface area contributed by atoms with Crippen LogP contribution in [0.25, 0.3) is 0 Å². The molecule has 19 heavy (non-hydrogen) atoms. The smallest absolute Gasteiger partial charge is 0.308 e. The van der Waals surface area contributed by atoms with Crippen LogP contribution in [0.5, 0.6) is 0 Å². The predicted molar refractivity (Wildman–Crippen MR) is 67.9 cm³/mol. The fourth-order valence-corrected chi connectivity index (χ4v) is 2.14. The van der Waals surface area contributed by atoms with Gasteiger partial charge >= 0.3 is 5.97 Å². The summed E-state index contributed by atoms with van der Waals surface area (Å²) in [5.74, 6) is -2.29. The Bertz CT molecular complexity index is 541. The van der Waals surface area contributed by atoms with Gasteiger partial charge in [-0.3, -0.25) is 14.4 Å². The van der Waals surface area contributed by atoms with Crippen molar-refractivity contribution in [2.75, 3.05) is 18.5 Å². The lowest BCUT2D eigenvalue weighted by molar-refractivity contribution is -0.141. The number of carboxylic acids is 1. The van der Waals surface area contributed by atoms with E-state index in [9.17, 15) is 14.4 Å². The van der Waals surface area contributed by atoms with E-state index >= 15 is 0 Å². The van der Waals surface area contributed by atoms with Crippen molar-refractivity contribution in [3.8, 4) is 0 Å². The maximum absolute atomic E-state index is 11.9. The monoisotopic (exact) mass is 262 g/mol. The molecule has 100 valence electrons. The van der Waals surface area contributed by atoms with Crippen molar-refractivity contribution in [1.29, 1.82) is 0 Å². The maximum Gasteiger partial charge on any atom is 0.308 e. The van der Waals surface area contributed by atoms with Crippen LogP contribution in [-0.4, -0.2) is 36.5 Å². The molecule has 6 heteroatoms. The first-order valence-electron chi connectivity index (χ1n) is 5.89. The summed E-state index contributed by atoms with van der Waals surface area (Å²) in [6.07, 6.45) is -0.0303. The Balaban J connectivity index is 2.35. The van der Waals surface area contributed by atoms with E-state index in [0.29, 0.717) is 11.3 Å². The van der Waals surface area contributed by atoms with Gasteiger partial charge in [0.25, 0.3) is 5.91 Å². The largest absolute Gasteiger partial charge is 0.481 e. The summed E-state index contributed by atoms with van der Waals surface area (Å²) >= 11 is 0. The molecule has 1 aliphatic heterocycles. The first kappa shape index (κ1) is 13.1. The summed E-state index contributed by atoms with van der Waals surface area (Å²) in [4.78, 5) is 35.9. The number of nitrogens with one attached hydrogen (secondary N) is 1. The highest BCUT2D eigenvalue weighted by atomic mass is 16.4.